The molecular formula is C40H68O9. The van der Waals surface area contributed by atoms with Crippen molar-refractivity contribution in [1.29, 1.82) is 0 Å². The average molecular weight is 693 g/mol. The number of ether oxygens (including phenoxy) is 2. The molecule has 0 aromatic heterocycles. The van der Waals surface area contributed by atoms with Crippen LogP contribution in [-0.4, -0.2) is 63.9 Å². The van der Waals surface area contributed by atoms with Gasteiger partial charge in [0.25, 0.3) is 0 Å². The lowest BCUT2D eigenvalue weighted by atomic mass is 9.82. The summed E-state index contributed by atoms with van der Waals surface area (Å²) < 4.78 is 11.3. The Morgan fingerprint density at radius 1 is 0.633 bits per heavy atom. The predicted molar refractivity (Wildman–Crippen MR) is 191 cm³/mol. The van der Waals surface area contributed by atoms with E-state index < -0.39 is 35.9 Å². The molecule has 0 amide bonds. The smallest absolute Gasteiger partial charge is 0.311 e. The van der Waals surface area contributed by atoms with Crippen molar-refractivity contribution in [3.8, 4) is 0 Å². The number of rotatable bonds is 2. The van der Waals surface area contributed by atoms with Gasteiger partial charge in [0.05, 0.1) is 24.0 Å². The summed E-state index contributed by atoms with van der Waals surface area (Å²) in [4.78, 5) is 62.1. The molecule has 9 nitrogen and oxygen atoms in total. The summed E-state index contributed by atoms with van der Waals surface area (Å²) in [7, 11) is 0. The summed E-state index contributed by atoms with van der Waals surface area (Å²) in [6, 6.07) is 0. The van der Waals surface area contributed by atoms with Gasteiger partial charge in [-0.05, 0) is 82.6 Å². The minimum atomic E-state index is -1.08. The van der Waals surface area contributed by atoms with Crippen molar-refractivity contribution in [3.63, 3.8) is 0 Å². The molecule has 9 heteroatoms. The maximum absolute atomic E-state index is 12.5. The van der Waals surface area contributed by atoms with E-state index in [1.807, 2.05) is 61.5 Å². The zero-order valence-electron chi connectivity index (χ0n) is 32.5. The molecule has 282 valence electrons. The first-order valence-electron chi connectivity index (χ1n) is 18.8. The van der Waals surface area contributed by atoms with E-state index in [9.17, 15) is 34.2 Å². The topological polar surface area (TPSA) is 144 Å². The third-order valence-electron chi connectivity index (χ3n) is 11.0. The van der Waals surface area contributed by atoms with Crippen LogP contribution in [0.3, 0.4) is 0 Å². The Hall–Kier alpha value is -2.39. The van der Waals surface area contributed by atoms with Gasteiger partial charge in [0.1, 0.15) is 29.6 Å². The second-order valence-corrected chi connectivity index (χ2v) is 15.5. The monoisotopic (exact) mass is 692 g/mol. The van der Waals surface area contributed by atoms with Gasteiger partial charge >= 0.3 is 11.9 Å². The molecule has 2 heterocycles. The van der Waals surface area contributed by atoms with Crippen molar-refractivity contribution >= 4 is 29.3 Å². The molecule has 0 saturated carbocycles. The van der Waals surface area contributed by atoms with Gasteiger partial charge in [0, 0.05) is 36.5 Å². The van der Waals surface area contributed by atoms with E-state index >= 15 is 0 Å². The molecule has 0 bridgehead atoms. The number of hydrogen-bond acceptors (Lipinski definition) is 9. The summed E-state index contributed by atoms with van der Waals surface area (Å²) in [6.07, 6.45) is 4.49. The highest BCUT2D eigenvalue weighted by Crippen LogP contribution is 2.28. The standard InChI is InChI=1S/C20H34O5.C20H34O4/c1-7-17-13(4)10-12(3)16(21)9-8-11(2)18(22)14(5)19(23)15(6)20(24)25-17;1-7-18-14(4)11-13(3)17(21)9-8-12(2)10-15(5)19(22)16(6)20(23)24-18/h11-15,17,19,23H,7-10H2,1-6H3;10,12-14,16,18-19,22H,7-9,11H2,1-6H3/b;15-10+/t11-,12+,13+,14+,15+,17+,19-;12-,13+,14+,16+,18+,19-/m00/s1. The number of Topliss-reactive ketones (excluding diaryl/α,β-unsaturated/α-hetero) is 3. The van der Waals surface area contributed by atoms with Gasteiger partial charge in [-0.2, -0.15) is 0 Å². The molecule has 0 spiro atoms. The molecule has 0 aromatic carbocycles. The molecule has 0 unspecified atom stereocenters. The molecule has 0 aromatic rings. The molecule has 0 aliphatic carbocycles. The van der Waals surface area contributed by atoms with Gasteiger partial charge in [-0.1, -0.05) is 68.4 Å². The van der Waals surface area contributed by atoms with Gasteiger partial charge in [-0.25, -0.2) is 0 Å². The van der Waals surface area contributed by atoms with E-state index in [1.165, 1.54) is 0 Å². The first-order chi connectivity index (χ1) is 22.8. The van der Waals surface area contributed by atoms with Crippen LogP contribution in [0.2, 0.25) is 0 Å². The number of hydrogen-bond donors (Lipinski definition) is 2. The maximum Gasteiger partial charge on any atom is 0.311 e. The largest absolute Gasteiger partial charge is 0.462 e. The number of cyclic esters (lactones) is 2. The van der Waals surface area contributed by atoms with Crippen LogP contribution in [0.4, 0.5) is 0 Å². The predicted octanol–water partition coefficient (Wildman–Crippen LogP) is 7.08. The maximum atomic E-state index is 12.5. The van der Waals surface area contributed by atoms with Crippen molar-refractivity contribution in [3.05, 3.63) is 11.6 Å². The minimum absolute atomic E-state index is 0.0176. The van der Waals surface area contributed by atoms with Crippen LogP contribution in [0.1, 0.15) is 134 Å². The molecule has 1 fully saturated rings. The Bertz CT molecular complexity index is 1130. The highest BCUT2D eigenvalue weighted by atomic mass is 16.5. The quantitative estimate of drug-likeness (QED) is 0.229. The van der Waals surface area contributed by atoms with E-state index in [0.717, 1.165) is 18.4 Å². The third-order valence-corrected chi connectivity index (χ3v) is 11.0. The van der Waals surface area contributed by atoms with Crippen LogP contribution in [0, 0.1) is 53.3 Å². The molecule has 0 radical (unpaired) electrons. The van der Waals surface area contributed by atoms with Crippen molar-refractivity contribution in [2.24, 2.45) is 53.3 Å². The fourth-order valence-electron chi connectivity index (χ4n) is 7.11. The lowest BCUT2D eigenvalue weighted by Gasteiger charge is -2.30. The number of carbonyl (C=O) groups is 5. The molecule has 2 aliphatic heterocycles. The van der Waals surface area contributed by atoms with E-state index in [-0.39, 0.29) is 71.0 Å². The summed E-state index contributed by atoms with van der Waals surface area (Å²) in [6.45, 7) is 22.5. The Morgan fingerprint density at radius 3 is 1.51 bits per heavy atom. The third kappa shape index (κ3) is 13.7. The van der Waals surface area contributed by atoms with Gasteiger partial charge in [0.15, 0.2) is 0 Å². The van der Waals surface area contributed by atoms with Crippen molar-refractivity contribution in [1.82, 2.24) is 0 Å². The zero-order valence-corrected chi connectivity index (χ0v) is 32.5. The molecule has 49 heavy (non-hydrogen) atoms. The van der Waals surface area contributed by atoms with E-state index in [4.69, 9.17) is 9.47 Å². The molecule has 1 saturated heterocycles. The van der Waals surface area contributed by atoms with E-state index in [0.29, 0.717) is 38.5 Å². The van der Waals surface area contributed by atoms with Gasteiger partial charge in [-0.3, -0.25) is 24.0 Å². The highest BCUT2D eigenvalue weighted by molar-refractivity contribution is 5.86. The summed E-state index contributed by atoms with van der Waals surface area (Å²) in [5.41, 5.74) is 0.769. The molecular weight excluding hydrogens is 624 g/mol. The summed E-state index contributed by atoms with van der Waals surface area (Å²) >= 11 is 0. The number of aliphatic hydroxyl groups excluding tert-OH is 2. The van der Waals surface area contributed by atoms with Crippen molar-refractivity contribution < 1.29 is 43.7 Å². The van der Waals surface area contributed by atoms with Crippen LogP contribution in [-0.2, 0) is 33.4 Å². The highest BCUT2D eigenvalue weighted by Gasteiger charge is 2.36. The Balaban J connectivity index is 0.000000490. The Labute approximate surface area is 296 Å². The van der Waals surface area contributed by atoms with E-state index in [1.54, 1.807) is 27.7 Å². The van der Waals surface area contributed by atoms with Gasteiger partial charge in [-0.15, -0.1) is 0 Å². The fraction of sp³-hybridized carbons (Fsp3) is 0.825. The van der Waals surface area contributed by atoms with Crippen LogP contribution in [0.25, 0.3) is 0 Å². The number of ketones is 3. The Kier molecular flexibility index (Phi) is 19.2. The summed E-state index contributed by atoms with van der Waals surface area (Å²) in [5, 5.41) is 20.9. The first-order valence-corrected chi connectivity index (χ1v) is 18.8. The van der Waals surface area contributed by atoms with Gasteiger partial charge in [0.2, 0.25) is 0 Å². The van der Waals surface area contributed by atoms with Crippen LogP contribution < -0.4 is 0 Å². The van der Waals surface area contributed by atoms with Crippen LogP contribution >= 0.6 is 0 Å². The molecule has 2 aliphatic rings. The van der Waals surface area contributed by atoms with Crippen molar-refractivity contribution in [2.75, 3.05) is 0 Å². The minimum Gasteiger partial charge on any atom is -0.462 e. The second kappa shape index (κ2) is 21.1. The van der Waals surface area contributed by atoms with Gasteiger partial charge < -0.3 is 19.7 Å². The molecule has 2 N–H and O–H groups in total. The van der Waals surface area contributed by atoms with Crippen molar-refractivity contribution in [2.45, 2.75) is 159 Å². The molecule has 2 rings (SSSR count). The van der Waals surface area contributed by atoms with Crippen LogP contribution in [0.5, 0.6) is 0 Å². The lowest BCUT2D eigenvalue weighted by molar-refractivity contribution is -0.162. The van der Waals surface area contributed by atoms with Crippen LogP contribution in [0.15, 0.2) is 11.6 Å². The number of carbonyl (C=O) groups excluding carboxylic acids is 5. The number of esters is 2. The number of allylic oxidation sites excluding steroid dienone is 1. The SMILES string of the molecule is CC[C@H]1OC(=O)[C@H](C)[C@@H](O)/C(C)=C/[C@@H](C)CCC(=O)[C@H](C)C[C@H]1C.CC[C@H]1OC(=O)[C@H](C)[C@@H](O)[C@H](C)C(=O)[C@@H](C)CCC(=O)[C@H](C)C[C@H]1C. The lowest BCUT2D eigenvalue weighted by Crippen LogP contribution is -2.40. The van der Waals surface area contributed by atoms with E-state index in [2.05, 4.69) is 0 Å². The average Bonchev–Trinajstić information content (AvgIpc) is 3.07. The zero-order chi connectivity index (χ0) is 37.7. The first kappa shape index (κ1) is 44.6. The normalized spacial score (nSPS) is 39.6. The number of aliphatic hydroxyl groups is 2. The fourth-order valence-corrected chi connectivity index (χ4v) is 7.11. The second-order valence-electron chi connectivity index (χ2n) is 15.5. The Morgan fingerprint density at radius 2 is 1.06 bits per heavy atom. The summed E-state index contributed by atoms with van der Waals surface area (Å²) in [5.74, 6) is -2.59. The molecule has 13 atom stereocenters.